The maximum Gasteiger partial charge on any atom is 0.372 e. The number of carboxylic acids is 1. The van der Waals surface area contributed by atoms with Crippen LogP contribution in [-0.2, 0) is 22.4 Å². The van der Waals surface area contributed by atoms with Gasteiger partial charge in [-0.05, 0) is 30.5 Å². The van der Waals surface area contributed by atoms with Gasteiger partial charge in [-0.25, -0.2) is 4.79 Å². The second kappa shape index (κ2) is 6.95. The molecule has 108 valence electrons. The Balaban J connectivity index is 1.93. The van der Waals surface area contributed by atoms with Crippen LogP contribution in [0.3, 0.4) is 0 Å². The molecule has 0 radical (unpaired) electrons. The molecule has 0 unspecified atom stereocenters. The van der Waals surface area contributed by atoms with Gasteiger partial charge in [0.15, 0.2) is 5.78 Å². The number of carboxylic acid groups (broad SMARTS) is 1. The molecule has 0 amide bonds. The number of rotatable bonds is 7. The van der Waals surface area contributed by atoms with Crippen molar-refractivity contribution in [2.24, 2.45) is 0 Å². The molecule has 1 heterocycles. The zero-order valence-electron chi connectivity index (χ0n) is 11.2. The van der Waals surface area contributed by atoms with Gasteiger partial charge in [0.25, 0.3) is 0 Å². The Hall–Kier alpha value is -2.27. The fourth-order valence-corrected chi connectivity index (χ4v) is 2.83. The normalized spacial score (nSPS) is 10.3. The summed E-state index contributed by atoms with van der Waals surface area (Å²) in [5.41, 5.74) is 1.22. The lowest BCUT2D eigenvalue weighted by molar-refractivity contribution is -0.148. The lowest BCUT2D eigenvalue weighted by atomic mass is 10.1. The van der Waals surface area contributed by atoms with E-state index in [2.05, 4.69) is 0 Å². The standard InChI is InChI=1S/C16H14O4S/c17-13(10-14(18)16(19)20)15-9-8-12(21-15)7-6-11-4-2-1-3-5-11/h1-5,8-9H,6-7,10H2,(H,19,20). The monoisotopic (exact) mass is 302 g/mol. The third kappa shape index (κ3) is 4.36. The van der Waals surface area contributed by atoms with Crippen LogP contribution >= 0.6 is 11.3 Å². The maximum atomic E-state index is 11.8. The van der Waals surface area contributed by atoms with E-state index < -0.39 is 24.0 Å². The van der Waals surface area contributed by atoms with Crippen molar-refractivity contribution >= 4 is 28.9 Å². The molecule has 1 aromatic heterocycles. The van der Waals surface area contributed by atoms with Crippen LogP contribution in [0.2, 0.25) is 0 Å². The molecule has 2 rings (SSSR count). The highest BCUT2D eigenvalue weighted by Gasteiger charge is 2.19. The van der Waals surface area contributed by atoms with Gasteiger partial charge in [-0.2, -0.15) is 0 Å². The van der Waals surface area contributed by atoms with Crippen molar-refractivity contribution in [1.82, 2.24) is 0 Å². The molecule has 1 N–H and O–H groups in total. The summed E-state index contributed by atoms with van der Waals surface area (Å²) in [5, 5.41) is 8.49. The number of benzene rings is 1. The largest absolute Gasteiger partial charge is 0.475 e. The number of ketones is 2. The van der Waals surface area contributed by atoms with E-state index in [4.69, 9.17) is 5.11 Å². The molecule has 0 bridgehead atoms. The Morgan fingerprint density at radius 1 is 0.952 bits per heavy atom. The number of thiophene rings is 1. The molecular weight excluding hydrogens is 288 g/mol. The van der Waals surface area contributed by atoms with Crippen LogP contribution in [-0.4, -0.2) is 22.6 Å². The number of aliphatic carboxylic acids is 1. The molecular formula is C16H14O4S. The summed E-state index contributed by atoms with van der Waals surface area (Å²) in [6, 6.07) is 13.5. The van der Waals surface area contributed by atoms with Gasteiger partial charge in [0.1, 0.15) is 0 Å². The highest BCUT2D eigenvalue weighted by atomic mass is 32.1. The zero-order chi connectivity index (χ0) is 15.2. The van der Waals surface area contributed by atoms with E-state index in [-0.39, 0.29) is 0 Å². The summed E-state index contributed by atoms with van der Waals surface area (Å²) < 4.78 is 0. The van der Waals surface area contributed by atoms with Crippen molar-refractivity contribution in [2.45, 2.75) is 19.3 Å². The Morgan fingerprint density at radius 2 is 1.67 bits per heavy atom. The first kappa shape index (κ1) is 15.1. The molecule has 0 aliphatic rings. The molecule has 0 aliphatic heterocycles. The number of carbonyl (C=O) groups excluding carboxylic acids is 2. The smallest absolute Gasteiger partial charge is 0.372 e. The summed E-state index contributed by atoms with van der Waals surface area (Å²) in [6.07, 6.45) is 1.12. The molecule has 0 aliphatic carbocycles. The van der Waals surface area contributed by atoms with E-state index in [9.17, 15) is 14.4 Å². The SMILES string of the molecule is O=C(O)C(=O)CC(=O)c1ccc(CCc2ccccc2)s1. The first-order chi connectivity index (χ1) is 10.1. The molecule has 0 spiro atoms. The van der Waals surface area contributed by atoms with Gasteiger partial charge < -0.3 is 5.11 Å². The van der Waals surface area contributed by atoms with Crippen LogP contribution in [0.4, 0.5) is 0 Å². The molecule has 0 fully saturated rings. The van der Waals surface area contributed by atoms with Crippen molar-refractivity contribution in [3.63, 3.8) is 0 Å². The van der Waals surface area contributed by atoms with Gasteiger partial charge in [-0.3, -0.25) is 9.59 Å². The van der Waals surface area contributed by atoms with Gasteiger partial charge in [-0.1, -0.05) is 30.3 Å². The molecule has 1 aromatic carbocycles. The van der Waals surface area contributed by atoms with Crippen LogP contribution in [0.5, 0.6) is 0 Å². The Morgan fingerprint density at radius 3 is 2.33 bits per heavy atom. The topological polar surface area (TPSA) is 71.4 Å². The van der Waals surface area contributed by atoms with Crippen molar-refractivity contribution in [3.8, 4) is 0 Å². The minimum absolute atomic E-state index is 0.432. The highest BCUT2D eigenvalue weighted by Crippen LogP contribution is 2.20. The molecule has 4 nitrogen and oxygen atoms in total. The average molecular weight is 302 g/mol. The van der Waals surface area contributed by atoms with Gasteiger partial charge in [0.05, 0.1) is 11.3 Å². The fraction of sp³-hybridized carbons (Fsp3) is 0.188. The Bertz CT molecular complexity index is 658. The van der Waals surface area contributed by atoms with Gasteiger partial charge in [-0.15, -0.1) is 11.3 Å². The summed E-state index contributed by atoms with van der Waals surface area (Å²) >= 11 is 1.32. The maximum absolute atomic E-state index is 11.8. The van der Waals surface area contributed by atoms with E-state index in [1.807, 2.05) is 36.4 Å². The molecule has 21 heavy (non-hydrogen) atoms. The summed E-state index contributed by atoms with van der Waals surface area (Å²) in [4.78, 5) is 34.7. The summed E-state index contributed by atoms with van der Waals surface area (Å²) in [6.45, 7) is 0. The van der Waals surface area contributed by atoms with Crippen LogP contribution in [0.25, 0.3) is 0 Å². The predicted octanol–water partition coefficient (Wildman–Crippen LogP) is 2.76. The second-order valence-electron chi connectivity index (χ2n) is 4.58. The van der Waals surface area contributed by atoms with Crippen LogP contribution in [0, 0.1) is 0 Å². The van der Waals surface area contributed by atoms with Gasteiger partial charge in [0.2, 0.25) is 5.78 Å². The Kier molecular flexibility index (Phi) is 5.00. The van der Waals surface area contributed by atoms with Crippen LogP contribution < -0.4 is 0 Å². The van der Waals surface area contributed by atoms with Gasteiger partial charge >= 0.3 is 5.97 Å². The van der Waals surface area contributed by atoms with E-state index in [1.54, 1.807) is 6.07 Å². The number of Topliss-reactive ketones (excluding diaryl/α,β-unsaturated/α-hetero) is 2. The number of hydrogen-bond acceptors (Lipinski definition) is 4. The van der Waals surface area contributed by atoms with Crippen LogP contribution in [0.15, 0.2) is 42.5 Å². The molecule has 0 saturated heterocycles. The van der Waals surface area contributed by atoms with E-state index in [0.717, 1.165) is 17.7 Å². The third-order valence-corrected chi connectivity index (χ3v) is 4.19. The molecule has 0 saturated carbocycles. The first-order valence-corrected chi connectivity index (χ1v) is 7.30. The Labute approximate surface area is 126 Å². The summed E-state index contributed by atoms with van der Waals surface area (Å²) in [5.74, 6) is -3.07. The minimum Gasteiger partial charge on any atom is -0.475 e. The number of hydrogen-bond donors (Lipinski definition) is 1. The first-order valence-electron chi connectivity index (χ1n) is 6.48. The van der Waals surface area contributed by atoms with Crippen molar-refractivity contribution < 1.29 is 19.5 Å². The van der Waals surface area contributed by atoms with E-state index >= 15 is 0 Å². The van der Waals surface area contributed by atoms with Gasteiger partial charge in [0, 0.05) is 4.88 Å². The lowest BCUT2D eigenvalue weighted by Crippen LogP contribution is -2.16. The summed E-state index contributed by atoms with van der Waals surface area (Å²) in [7, 11) is 0. The minimum atomic E-state index is -1.57. The number of aryl methyl sites for hydroxylation is 2. The van der Waals surface area contributed by atoms with E-state index in [1.165, 1.54) is 16.9 Å². The third-order valence-electron chi connectivity index (χ3n) is 3.00. The molecule has 5 heteroatoms. The van der Waals surface area contributed by atoms with Crippen LogP contribution in [0.1, 0.15) is 26.5 Å². The number of carbonyl (C=O) groups is 3. The lowest BCUT2D eigenvalue weighted by Gasteiger charge is -1.98. The average Bonchev–Trinajstić information content (AvgIpc) is 2.95. The quantitative estimate of drug-likeness (QED) is 0.485. The predicted molar refractivity (Wildman–Crippen MR) is 79.8 cm³/mol. The second-order valence-corrected chi connectivity index (χ2v) is 5.75. The van der Waals surface area contributed by atoms with Crippen molar-refractivity contribution in [2.75, 3.05) is 0 Å². The van der Waals surface area contributed by atoms with Crippen molar-refractivity contribution in [3.05, 3.63) is 57.8 Å². The van der Waals surface area contributed by atoms with E-state index in [0.29, 0.717) is 4.88 Å². The zero-order valence-corrected chi connectivity index (χ0v) is 12.1. The fourth-order valence-electron chi connectivity index (χ4n) is 1.88. The molecule has 0 atom stereocenters. The molecule has 2 aromatic rings. The van der Waals surface area contributed by atoms with Crippen molar-refractivity contribution in [1.29, 1.82) is 0 Å². The highest BCUT2D eigenvalue weighted by molar-refractivity contribution is 7.14.